The van der Waals surface area contributed by atoms with Gasteiger partial charge in [0, 0.05) is 18.7 Å². The van der Waals surface area contributed by atoms with Gasteiger partial charge in [-0.2, -0.15) is 13.2 Å². The minimum Gasteiger partial charge on any atom is -0.365 e. The highest BCUT2D eigenvalue weighted by molar-refractivity contribution is 6.00. The molecule has 2 N–H and O–H groups in total. The molecule has 0 bridgehead atoms. The summed E-state index contributed by atoms with van der Waals surface area (Å²) in [5.41, 5.74) is 4.27. The van der Waals surface area contributed by atoms with Crippen LogP contribution in [0.1, 0.15) is 29.8 Å². The monoisotopic (exact) mass is 337 g/mol. The average Bonchev–Trinajstić information content (AvgIpc) is 2.55. The van der Waals surface area contributed by atoms with Gasteiger partial charge >= 0.3 is 6.18 Å². The normalized spacial score (nSPS) is 11.4. The number of nitrogens with zero attached hydrogens (tertiary/aromatic N) is 2. The molecular formula is C17H18F3N3O. The molecule has 4 nitrogen and oxygen atoms in total. The molecule has 0 aliphatic rings. The molecule has 2 rings (SSSR count). The Kier molecular flexibility index (Phi) is 5.11. The Balaban J connectivity index is 2.82. The third-order valence-electron chi connectivity index (χ3n) is 3.68. The Hall–Kier alpha value is -2.57. The summed E-state index contributed by atoms with van der Waals surface area (Å²) in [4.78, 5) is 17.6. The van der Waals surface area contributed by atoms with Crippen LogP contribution in [0.2, 0.25) is 0 Å². The van der Waals surface area contributed by atoms with Crippen molar-refractivity contribution in [3.63, 3.8) is 0 Å². The van der Waals surface area contributed by atoms with Crippen LogP contribution < -0.4 is 10.6 Å². The molecule has 1 aromatic carbocycles. The van der Waals surface area contributed by atoms with Crippen LogP contribution in [0, 0.1) is 0 Å². The summed E-state index contributed by atoms with van der Waals surface area (Å²) in [7, 11) is 0. The lowest BCUT2D eigenvalue weighted by Gasteiger charge is -2.25. The first kappa shape index (κ1) is 17.8. The molecule has 2 aromatic rings. The van der Waals surface area contributed by atoms with E-state index >= 15 is 0 Å². The summed E-state index contributed by atoms with van der Waals surface area (Å²) in [5, 5.41) is 0. The van der Waals surface area contributed by atoms with E-state index in [1.165, 1.54) is 0 Å². The van der Waals surface area contributed by atoms with Crippen LogP contribution in [-0.2, 0) is 6.18 Å². The number of amides is 1. The van der Waals surface area contributed by atoms with Gasteiger partial charge in [0.05, 0.1) is 16.8 Å². The second-order valence-electron chi connectivity index (χ2n) is 5.15. The molecule has 0 aliphatic heterocycles. The lowest BCUT2D eigenvalue weighted by molar-refractivity contribution is -0.137. The smallest absolute Gasteiger partial charge is 0.365 e. The van der Waals surface area contributed by atoms with E-state index in [1.807, 2.05) is 0 Å². The molecule has 0 aliphatic carbocycles. The first-order chi connectivity index (χ1) is 11.3. The predicted octanol–water partition coefficient (Wildman–Crippen LogP) is 3.71. The van der Waals surface area contributed by atoms with Gasteiger partial charge in [-0.3, -0.25) is 4.79 Å². The Morgan fingerprint density at radius 1 is 1.17 bits per heavy atom. The van der Waals surface area contributed by atoms with Gasteiger partial charge in [0.15, 0.2) is 0 Å². The first-order valence-corrected chi connectivity index (χ1v) is 7.52. The number of carbonyl (C=O) groups is 1. The van der Waals surface area contributed by atoms with Crippen molar-refractivity contribution in [1.29, 1.82) is 0 Å². The minimum absolute atomic E-state index is 0.0406. The largest absolute Gasteiger partial charge is 0.417 e. The van der Waals surface area contributed by atoms with Crippen LogP contribution in [0.25, 0.3) is 11.3 Å². The number of benzene rings is 1. The van der Waals surface area contributed by atoms with Crippen molar-refractivity contribution in [2.24, 2.45) is 5.73 Å². The highest BCUT2D eigenvalue weighted by Crippen LogP contribution is 2.38. The number of carbonyl (C=O) groups excluding carboxylic acids is 1. The maximum Gasteiger partial charge on any atom is 0.417 e. The molecule has 0 spiro atoms. The number of rotatable bonds is 5. The number of aromatic nitrogens is 1. The molecule has 24 heavy (non-hydrogen) atoms. The Morgan fingerprint density at radius 3 is 2.21 bits per heavy atom. The number of anilines is 1. The molecule has 0 unspecified atom stereocenters. The van der Waals surface area contributed by atoms with E-state index in [-0.39, 0.29) is 11.5 Å². The second kappa shape index (κ2) is 6.90. The Bertz CT molecular complexity index is 726. The van der Waals surface area contributed by atoms with Gasteiger partial charge in [0.25, 0.3) is 5.91 Å². The van der Waals surface area contributed by atoms with E-state index in [0.29, 0.717) is 18.7 Å². The van der Waals surface area contributed by atoms with Crippen LogP contribution in [-0.4, -0.2) is 24.0 Å². The van der Waals surface area contributed by atoms with Crippen molar-refractivity contribution in [2.75, 3.05) is 18.0 Å². The molecule has 0 saturated carbocycles. The van der Waals surface area contributed by atoms with Gasteiger partial charge in [0.1, 0.15) is 5.82 Å². The van der Waals surface area contributed by atoms with E-state index in [2.05, 4.69) is 4.98 Å². The summed E-state index contributed by atoms with van der Waals surface area (Å²) >= 11 is 0. The number of halogens is 3. The molecule has 0 atom stereocenters. The molecular weight excluding hydrogens is 319 g/mol. The van der Waals surface area contributed by atoms with Gasteiger partial charge in [-0.25, -0.2) is 4.98 Å². The van der Waals surface area contributed by atoms with Crippen molar-refractivity contribution >= 4 is 11.7 Å². The van der Waals surface area contributed by atoms with E-state index < -0.39 is 23.2 Å². The zero-order valence-corrected chi connectivity index (χ0v) is 13.4. The number of primary amides is 1. The third-order valence-corrected chi connectivity index (χ3v) is 3.68. The summed E-state index contributed by atoms with van der Waals surface area (Å²) in [6.07, 6.45) is -4.71. The minimum atomic E-state index is -4.71. The van der Waals surface area contributed by atoms with Gasteiger partial charge in [-0.15, -0.1) is 0 Å². The molecule has 1 heterocycles. The summed E-state index contributed by atoms with van der Waals surface area (Å²) in [6, 6.07) is 9.39. The number of hydrogen-bond acceptors (Lipinski definition) is 3. The predicted molar refractivity (Wildman–Crippen MR) is 86.8 cm³/mol. The van der Waals surface area contributed by atoms with Crippen LogP contribution in [0.5, 0.6) is 0 Å². The average molecular weight is 337 g/mol. The summed E-state index contributed by atoms with van der Waals surface area (Å²) in [5.74, 6) is -1.18. The van der Waals surface area contributed by atoms with Crippen molar-refractivity contribution in [2.45, 2.75) is 20.0 Å². The molecule has 1 aromatic heterocycles. The second-order valence-corrected chi connectivity index (χ2v) is 5.15. The molecule has 1 amide bonds. The molecule has 0 fully saturated rings. The lowest BCUT2D eigenvalue weighted by Crippen LogP contribution is -2.29. The topological polar surface area (TPSA) is 59.2 Å². The summed E-state index contributed by atoms with van der Waals surface area (Å²) in [6.45, 7) is 4.36. The highest BCUT2D eigenvalue weighted by Gasteiger charge is 2.38. The standard InChI is InChI=1S/C17H18F3N3O/c1-3-23(4-2)16-14(15(21)24)12(17(18,19)20)10-13(22-16)11-8-6-5-7-9-11/h5-10H,3-4H2,1-2H3,(H2,21,24). The van der Waals surface area contributed by atoms with Gasteiger partial charge in [-0.1, -0.05) is 30.3 Å². The zero-order valence-electron chi connectivity index (χ0n) is 13.4. The summed E-state index contributed by atoms with van der Waals surface area (Å²) < 4.78 is 40.5. The van der Waals surface area contributed by atoms with E-state index in [0.717, 1.165) is 6.07 Å². The molecule has 0 radical (unpaired) electrons. The van der Waals surface area contributed by atoms with E-state index in [9.17, 15) is 18.0 Å². The van der Waals surface area contributed by atoms with Crippen LogP contribution >= 0.6 is 0 Å². The fourth-order valence-electron chi connectivity index (χ4n) is 2.51. The Labute approximate surface area is 138 Å². The maximum absolute atomic E-state index is 13.5. The van der Waals surface area contributed by atoms with Gasteiger partial charge in [0.2, 0.25) is 0 Å². The van der Waals surface area contributed by atoms with Crippen molar-refractivity contribution < 1.29 is 18.0 Å². The first-order valence-electron chi connectivity index (χ1n) is 7.52. The van der Waals surface area contributed by atoms with Gasteiger partial charge in [-0.05, 0) is 19.9 Å². The van der Waals surface area contributed by atoms with Crippen molar-refractivity contribution in [1.82, 2.24) is 4.98 Å². The van der Waals surface area contributed by atoms with E-state index in [1.54, 1.807) is 49.1 Å². The number of pyridine rings is 1. The third kappa shape index (κ3) is 3.50. The number of hydrogen-bond donors (Lipinski definition) is 1. The fourth-order valence-corrected chi connectivity index (χ4v) is 2.51. The Morgan fingerprint density at radius 2 is 1.75 bits per heavy atom. The molecule has 0 saturated heterocycles. The molecule has 7 heteroatoms. The highest BCUT2D eigenvalue weighted by atomic mass is 19.4. The quantitative estimate of drug-likeness (QED) is 0.905. The molecule has 128 valence electrons. The SMILES string of the molecule is CCN(CC)c1nc(-c2ccccc2)cc(C(F)(F)F)c1C(N)=O. The maximum atomic E-state index is 13.5. The lowest BCUT2D eigenvalue weighted by atomic mass is 10.0. The van der Waals surface area contributed by atoms with Crippen molar-refractivity contribution in [3.8, 4) is 11.3 Å². The van der Waals surface area contributed by atoms with E-state index in [4.69, 9.17) is 5.73 Å². The van der Waals surface area contributed by atoms with Crippen LogP contribution in [0.4, 0.5) is 19.0 Å². The van der Waals surface area contributed by atoms with Crippen LogP contribution in [0.15, 0.2) is 36.4 Å². The number of nitrogens with two attached hydrogens (primary N) is 1. The van der Waals surface area contributed by atoms with Crippen molar-refractivity contribution in [3.05, 3.63) is 47.5 Å². The number of alkyl halides is 3. The van der Waals surface area contributed by atoms with Crippen LogP contribution in [0.3, 0.4) is 0 Å². The zero-order chi connectivity index (χ0) is 17.9. The fraction of sp³-hybridized carbons (Fsp3) is 0.294. The van der Waals surface area contributed by atoms with Gasteiger partial charge < -0.3 is 10.6 Å².